The molecule has 2 saturated heterocycles. The molecule has 2 aromatic rings. The predicted molar refractivity (Wildman–Crippen MR) is 136 cm³/mol. The van der Waals surface area contributed by atoms with Crippen LogP contribution >= 0.6 is 0 Å². The lowest BCUT2D eigenvalue weighted by molar-refractivity contribution is 0.0693. The molecule has 2 unspecified atom stereocenters. The number of amides is 4. The van der Waals surface area contributed by atoms with Crippen LogP contribution in [0.5, 0.6) is 0 Å². The van der Waals surface area contributed by atoms with Crippen LogP contribution in [0.3, 0.4) is 0 Å². The number of nitrogens with zero attached hydrogens (tertiary/aromatic N) is 4. The number of anilines is 2. The van der Waals surface area contributed by atoms with Crippen LogP contribution in [0.25, 0.3) is 0 Å². The number of likely N-dealkylation sites (N-methyl/N-ethyl adjacent to an activating group) is 1. The predicted octanol–water partition coefficient (Wildman–Crippen LogP) is 2.72. The highest BCUT2D eigenvalue weighted by molar-refractivity contribution is 6.01. The second kappa shape index (κ2) is 11.0. The van der Waals surface area contributed by atoms with E-state index in [2.05, 4.69) is 5.32 Å². The van der Waals surface area contributed by atoms with E-state index in [0.717, 1.165) is 17.0 Å². The summed E-state index contributed by atoms with van der Waals surface area (Å²) >= 11 is 0. The number of ether oxygens (including phenoxy) is 1. The molecule has 0 bridgehead atoms. The maximum Gasteiger partial charge on any atom is 0.414 e. The zero-order chi connectivity index (χ0) is 27.6. The maximum absolute atomic E-state index is 15.1. The molecule has 10 nitrogen and oxygen atoms in total. The topological polar surface area (TPSA) is 103 Å². The number of rotatable bonds is 7. The third kappa shape index (κ3) is 5.53. The summed E-state index contributed by atoms with van der Waals surface area (Å²) in [7, 11) is 4.73. The van der Waals surface area contributed by atoms with Gasteiger partial charge in [-0.1, -0.05) is 18.2 Å². The third-order valence-electron chi connectivity index (χ3n) is 6.57. The minimum absolute atomic E-state index is 0.00631. The second-order valence-electron chi connectivity index (χ2n) is 9.54. The Morgan fingerprint density at radius 2 is 1.82 bits per heavy atom. The number of aldehydes is 1. The van der Waals surface area contributed by atoms with Gasteiger partial charge in [0.2, 0.25) is 0 Å². The summed E-state index contributed by atoms with van der Waals surface area (Å²) in [6.45, 7) is 0.596. The van der Waals surface area contributed by atoms with Crippen LogP contribution in [-0.4, -0.2) is 93.6 Å². The average molecular weight is 530 g/mol. The summed E-state index contributed by atoms with van der Waals surface area (Å²) in [4.78, 5) is 53.8. The Bertz CT molecular complexity index is 1230. The van der Waals surface area contributed by atoms with Crippen molar-refractivity contribution in [1.82, 2.24) is 15.1 Å². The van der Waals surface area contributed by atoms with Crippen molar-refractivity contribution in [2.24, 2.45) is 0 Å². The van der Waals surface area contributed by atoms with Gasteiger partial charge in [0.05, 0.1) is 24.3 Å². The van der Waals surface area contributed by atoms with Crippen LogP contribution in [0.15, 0.2) is 36.4 Å². The average Bonchev–Trinajstić information content (AvgIpc) is 3.48. The number of hydrogen-bond donors (Lipinski definition) is 1. The molecule has 2 aromatic carbocycles. The van der Waals surface area contributed by atoms with Gasteiger partial charge in [-0.05, 0) is 12.5 Å². The molecule has 2 atom stereocenters. The number of benzene rings is 2. The first-order valence-corrected chi connectivity index (χ1v) is 12.1. The molecule has 4 amide bonds. The van der Waals surface area contributed by atoms with E-state index in [1.165, 1.54) is 33.9 Å². The fourth-order valence-corrected chi connectivity index (χ4v) is 4.61. The SMILES string of the molecule is CN(C)C(=O)NC1CCN(c2c(F)cc(N3CC(CN(C)C(=O)c4ccccc4C=O)OC3=O)cc2F)C1. The van der Waals surface area contributed by atoms with Gasteiger partial charge < -0.3 is 24.8 Å². The number of carbonyl (C=O) groups excluding carboxylic acids is 4. The van der Waals surface area contributed by atoms with Crippen molar-refractivity contribution >= 4 is 35.7 Å². The van der Waals surface area contributed by atoms with Gasteiger partial charge >= 0.3 is 12.1 Å². The first kappa shape index (κ1) is 26.8. The standard InChI is InChI=1S/C26H29F2N5O5/c1-30(2)25(36)29-17-8-9-32(12-17)23-21(27)10-18(11-22(23)28)33-14-19(38-26(33)37)13-31(3)24(35)20-7-5-4-6-16(20)15-34/h4-7,10-11,15,17,19H,8-9,12-14H2,1-3H3,(H,29,36). The molecule has 2 heterocycles. The van der Waals surface area contributed by atoms with Gasteiger partial charge in [0.1, 0.15) is 11.8 Å². The minimum Gasteiger partial charge on any atom is -0.442 e. The molecule has 38 heavy (non-hydrogen) atoms. The molecule has 12 heteroatoms. The largest absolute Gasteiger partial charge is 0.442 e. The van der Waals surface area contributed by atoms with E-state index in [4.69, 9.17) is 4.74 Å². The van der Waals surface area contributed by atoms with Gasteiger partial charge in [0.25, 0.3) is 5.91 Å². The van der Waals surface area contributed by atoms with E-state index in [0.29, 0.717) is 19.3 Å². The summed E-state index contributed by atoms with van der Waals surface area (Å²) in [5.41, 5.74) is 0.230. The second-order valence-corrected chi connectivity index (χ2v) is 9.54. The zero-order valence-corrected chi connectivity index (χ0v) is 21.3. The smallest absolute Gasteiger partial charge is 0.414 e. The van der Waals surface area contributed by atoms with Crippen LogP contribution in [0.1, 0.15) is 27.1 Å². The number of halogens is 2. The first-order chi connectivity index (χ1) is 18.1. The summed E-state index contributed by atoms with van der Waals surface area (Å²) in [5, 5.41) is 2.81. The Balaban J connectivity index is 1.42. The van der Waals surface area contributed by atoms with Crippen molar-refractivity contribution in [3.63, 3.8) is 0 Å². The molecule has 1 N–H and O–H groups in total. The van der Waals surface area contributed by atoms with Crippen LogP contribution in [-0.2, 0) is 4.74 Å². The van der Waals surface area contributed by atoms with Gasteiger partial charge in [-0.15, -0.1) is 0 Å². The van der Waals surface area contributed by atoms with Crippen molar-refractivity contribution in [3.8, 4) is 0 Å². The molecule has 4 rings (SSSR count). The Morgan fingerprint density at radius 3 is 2.47 bits per heavy atom. The van der Waals surface area contributed by atoms with Gasteiger partial charge in [-0.25, -0.2) is 18.4 Å². The normalized spacial score (nSPS) is 18.8. The first-order valence-electron chi connectivity index (χ1n) is 12.1. The van der Waals surface area contributed by atoms with Crippen molar-refractivity contribution in [2.45, 2.75) is 18.6 Å². The monoisotopic (exact) mass is 529 g/mol. The van der Waals surface area contributed by atoms with Gasteiger partial charge in [0.15, 0.2) is 17.9 Å². The Kier molecular flexibility index (Phi) is 7.79. The van der Waals surface area contributed by atoms with Crippen molar-refractivity contribution in [2.75, 3.05) is 57.1 Å². The fourth-order valence-electron chi connectivity index (χ4n) is 4.61. The highest BCUT2D eigenvalue weighted by atomic mass is 19.1. The Labute approximate surface area is 218 Å². The highest BCUT2D eigenvalue weighted by Gasteiger charge is 2.36. The van der Waals surface area contributed by atoms with E-state index in [9.17, 15) is 19.2 Å². The lowest BCUT2D eigenvalue weighted by Gasteiger charge is -2.23. The number of carbonyl (C=O) groups is 4. The molecular formula is C26H29F2N5O5. The van der Waals surface area contributed by atoms with Gasteiger partial charge in [0, 0.05) is 58.0 Å². The molecule has 2 aliphatic rings. The van der Waals surface area contributed by atoms with E-state index in [1.54, 1.807) is 26.2 Å². The highest BCUT2D eigenvalue weighted by Crippen LogP contribution is 2.33. The summed E-state index contributed by atoms with van der Waals surface area (Å²) in [6.07, 6.45) is -0.411. The van der Waals surface area contributed by atoms with E-state index in [-0.39, 0.29) is 54.2 Å². The van der Waals surface area contributed by atoms with Crippen molar-refractivity contribution < 1.29 is 32.7 Å². The van der Waals surface area contributed by atoms with E-state index in [1.807, 2.05) is 0 Å². The van der Waals surface area contributed by atoms with Crippen LogP contribution in [0.2, 0.25) is 0 Å². The van der Waals surface area contributed by atoms with Crippen LogP contribution < -0.4 is 15.1 Å². The summed E-state index contributed by atoms with van der Waals surface area (Å²) < 4.78 is 35.5. The Hall–Kier alpha value is -4.22. The molecule has 2 aliphatic heterocycles. The summed E-state index contributed by atoms with van der Waals surface area (Å²) in [6, 6.07) is 7.95. The van der Waals surface area contributed by atoms with Crippen LogP contribution in [0.4, 0.5) is 29.7 Å². The molecular weight excluding hydrogens is 500 g/mol. The van der Waals surface area contributed by atoms with E-state index < -0.39 is 29.7 Å². The molecule has 0 aromatic heterocycles. The molecule has 0 radical (unpaired) electrons. The zero-order valence-electron chi connectivity index (χ0n) is 21.3. The number of urea groups is 1. The lowest BCUT2D eigenvalue weighted by Crippen LogP contribution is -2.42. The quantitative estimate of drug-likeness (QED) is 0.554. The molecule has 202 valence electrons. The van der Waals surface area contributed by atoms with Gasteiger partial charge in [-0.3, -0.25) is 14.5 Å². The lowest BCUT2D eigenvalue weighted by atomic mass is 10.1. The molecule has 0 spiro atoms. The number of nitrogens with one attached hydrogen (secondary N) is 1. The minimum atomic E-state index is -0.839. The number of cyclic esters (lactones) is 1. The fraction of sp³-hybridized carbons (Fsp3) is 0.385. The third-order valence-corrected chi connectivity index (χ3v) is 6.57. The van der Waals surface area contributed by atoms with Crippen LogP contribution in [0, 0.1) is 11.6 Å². The Morgan fingerprint density at radius 1 is 1.13 bits per heavy atom. The van der Waals surface area contributed by atoms with Crippen molar-refractivity contribution in [3.05, 3.63) is 59.2 Å². The molecule has 2 fully saturated rings. The molecule has 0 aliphatic carbocycles. The van der Waals surface area contributed by atoms with Gasteiger partial charge in [-0.2, -0.15) is 0 Å². The van der Waals surface area contributed by atoms with E-state index >= 15 is 8.78 Å². The summed E-state index contributed by atoms with van der Waals surface area (Å²) in [5.74, 6) is -2.10. The molecule has 0 saturated carbocycles. The number of hydrogen-bond acceptors (Lipinski definition) is 6. The maximum atomic E-state index is 15.1. The van der Waals surface area contributed by atoms with Crippen molar-refractivity contribution in [1.29, 1.82) is 0 Å².